The van der Waals surface area contributed by atoms with Gasteiger partial charge in [0.15, 0.2) is 11.5 Å². The number of ether oxygens (including phenoxy) is 1. The van der Waals surface area contributed by atoms with Crippen LogP contribution in [-0.2, 0) is 4.74 Å². The van der Waals surface area contributed by atoms with Gasteiger partial charge in [0.2, 0.25) is 0 Å². The Labute approximate surface area is 178 Å². The van der Waals surface area contributed by atoms with Crippen LogP contribution < -0.4 is 4.90 Å². The number of imidazole rings is 1. The number of aromatic nitrogens is 3. The maximum Gasteiger partial charge on any atom is 0.416 e. The van der Waals surface area contributed by atoms with Gasteiger partial charge in [-0.15, -0.1) is 5.10 Å². The third-order valence-electron chi connectivity index (χ3n) is 5.12. The van der Waals surface area contributed by atoms with Gasteiger partial charge in [-0.05, 0) is 64.3 Å². The first-order valence-corrected chi connectivity index (χ1v) is 10.0. The fourth-order valence-corrected chi connectivity index (χ4v) is 3.42. The van der Waals surface area contributed by atoms with Crippen LogP contribution in [0.4, 0.5) is 15.0 Å². The van der Waals surface area contributed by atoms with Crippen molar-refractivity contribution in [3.8, 4) is 11.3 Å². The summed E-state index contributed by atoms with van der Waals surface area (Å²) >= 11 is 0. The van der Waals surface area contributed by atoms with Crippen molar-refractivity contribution in [1.82, 2.24) is 14.6 Å². The maximum absolute atomic E-state index is 14.2. The van der Waals surface area contributed by atoms with E-state index in [9.17, 15) is 14.0 Å². The van der Waals surface area contributed by atoms with Crippen LogP contribution in [-0.4, -0.2) is 43.4 Å². The summed E-state index contributed by atoms with van der Waals surface area (Å²) in [4.78, 5) is 29.8. The van der Waals surface area contributed by atoms with E-state index in [0.29, 0.717) is 22.7 Å². The molecule has 4 rings (SSSR count). The Kier molecular flexibility index (Phi) is 5.12. The second-order valence-corrected chi connectivity index (χ2v) is 8.54. The highest BCUT2D eigenvalue weighted by atomic mass is 19.1. The SMILES string of the molecule is CC(C)(C)OC(=O)N(c1ccc2ncc(-c3ccc(C(=O)O)c(F)c3)n2n1)C1CCC1. The average molecular weight is 426 g/mol. The summed E-state index contributed by atoms with van der Waals surface area (Å²) in [6.45, 7) is 5.43. The number of hydrogen-bond donors (Lipinski definition) is 1. The Balaban J connectivity index is 1.76. The molecular weight excluding hydrogens is 403 g/mol. The van der Waals surface area contributed by atoms with Crippen molar-refractivity contribution >= 4 is 23.5 Å². The van der Waals surface area contributed by atoms with E-state index in [1.165, 1.54) is 22.8 Å². The minimum Gasteiger partial charge on any atom is -0.478 e. The largest absolute Gasteiger partial charge is 0.478 e. The minimum absolute atomic E-state index is 0.000865. The standard InChI is InChI=1S/C22H23FN4O4/c1-22(2,3)31-21(30)26(14-5-4-6-14)19-10-9-18-24-12-17(27(18)25-19)13-7-8-15(20(28)29)16(23)11-13/h7-12,14H,4-6H2,1-3H3,(H,28,29). The van der Waals surface area contributed by atoms with Crippen LogP contribution in [0.3, 0.4) is 0 Å². The smallest absolute Gasteiger partial charge is 0.416 e. The summed E-state index contributed by atoms with van der Waals surface area (Å²) in [5.41, 5.74) is 0.358. The molecule has 162 valence electrons. The van der Waals surface area contributed by atoms with E-state index < -0.39 is 29.0 Å². The van der Waals surface area contributed by atoms with Gasteiger partial charge < -0.3 is 9.84 Å². The van der Waals surface area contributed by atoms with Crippen LogP contribution in [0.15, 0.2) is 36.5 Å². The van der Waals surface area contributed by atoms with Crippen molar-refractivity contribution in [3.63, 3.8) is 0 Å². The Morgan fingerprint density at radius 3 is 2.55 bits per heavy atom. The van der Waals surface area contributed by atoms with Crippen molar-refractivity contribution in [2.24, 2.45) is 0 Å². The fraction of sp³-hybridized carbons (Fsp3) is 0.364. The van der Waals surface area contributed by atoms with Crippen LogP contribution in [0.25, 0.3) is 16.9 Å². The van der Waals surface area contributed by atoms with Gasteiger partial charge in [-0.3, -0.25) is 4.90 Å². The van der Waals surface area contributed by atoms with Gasteiger partial charge in [-0.25, -0.2) is 23.5 Å². The van der Waals surface area contributed by atoms with Gasteiger partial charge in [0, 0.05) is 11.6 Å². The third kappa shape index (κ3) is 4.08. The normalized spacial score (nSPS) is 14.3. The summed E-state index contributed by atoms with van der Waals surface area (Å²) in [5, 5.41) is 13.6. The van der Waals surface area contributed by atoms with E-state index in [0.717, 1.165) is 25.3 Å². The number of carbonyl (C=O) groups is 2. The van der Waals surface area contributed by atoms with Crippen molar-refractivity contribution < 1.29 is 23.8 Å². The second kappa shape index (κ2) is 7.64. The van der Waals surface area contributed by atoms with Crippen molar-refractivity contribution in [2.45, 2.75) is 51.7 Å². The minimum atomic E-state index is -1.34. The zero-order valence-electron chi connectivity index (χ0n) is 17.5. The topological polar surface area (TPSA) is 97.0 Å². The molecule has 2 aromatic heterocycles. The molecule has 2 heterocycles. The molecule has 0 bridgehead atoms. The van der Waals surface area contributed by atoms with Crippen LogP contribution >= 0.6 is 0 Å². The lowest BCUT2D eigenvalue weighted by molar-refractivity contribution is 0.0546. The molecule has 1 saturated carbocycles. The first kappa shape index (κ1) is 20.8. The summed E-state index contributed by atoms with van der Waals surface area (Å²) < 4.78 is 21.3. The number of fused-ring (bicyclic) bond motifs is 1. The number of carboxylic acid groups (broad SMARTS) is 1. The van der Waals surface area contributed by atoms with E-state index >= 15 is 0 Å². The summed E-state index contributed by atoms with van der Waals surface area (Å²) in [6, 6.07) is 7.28. The zero-order chi connectivity index (χ0) is 22.3. The van der Waals surface area contributed by atoms with Crippen molar-refractivity contribution in [1.29, 1.82) is 0 Å². The van der Waals surface area contributed by atoms with E-state index in [4.69, 9.17) is 9.84 Å². The average Bonchev–Trinajstić information content (AvgIpc) is 3.05. The molecule has 1 amide bonds. The Morgan fingerprint density at radius 2 is 1.97 bits per heavy atom. The quantitative estimate of drug-likeness (QED) is 0.658. The number of rotatable bonds is 4. The first-order valence-electron chi connectivity index (χ1n) is 10.0. The van der Waals surface area contributed by atoms with Gasteiger partial charge in [0.05, 0.1) is 17.5 Å². The van der Waals surface area contributed by atoms with E-state index in [2.05, 4.69) is 10.1 Å². The lowest BCUT2D eigenvalue weighted by Gasteiger charge is -2.37. The van der Waals surface area contributed by atoms with Crippen molar-refractivity contribution in [3.05, 3.63) is 47.9 Å². The molecule has 1 aliphatic carbocycles. The second-order valence-electron chi connectivity index (χ2n) is 8.54. The molecule has 0 saturated heterocycles. The highest BCUT2D eigenvalue weighted by Gasteiger charge is 2.34. The highest BCUT2D eigenvalue weighted by Crippen LogP contribution is 2.31. The predicted octanol–water partition coefficient (Wildman–Crippen LogP) is 4.53. The molecule has 3 aromatic rings. The lowest BCUT2D eigenvalue weighted by atomic mass is 9.92. The van der Waals surface area contributed by atoms with E-state index in [-0.39, 0.29) is 6.04 Å². The molecule has 0 aliphatic heterocycles. The molecule has 9 heteroatoms. The Morgan fingerprint density at radius 1 is 1.23 bits per heavy atom. The van der Waals surface area contributed by atoms with Gasteiger partial charge in [0.1, 0.15) is 11.4 Å². The number of amides is 1. The molecule has 0 spiro atoms. The van der Waals surface area contributed by atoms with E-state index in [1.54, 1.807) is 17.0 Å². The number of anilines is 1. The van der Waals surface area contributed by atoms with Crippen molar-refractivity contribution in [2.75, 3.05) is 4.90 Å². The number of hydrogen-bond acceptors (Lipinski definition) is 5. The number of nitrogens with zero attached hydrogens (tertiary/aromatic N) is 4. The summed E-state index contributed by atoms with van der Waals surface area (Å²) in [7, 11) is 0. The van der Waals surface area contributed by atoms with Gasteiger partial charge in [-0.1, -0.05) is 6.07 Å². The van der Waals surface area contributed by atoms with E-state index in [1.807, 2.05) is 20.8 Å². The number of aromatic carboxylic acids is 1. The highest BCUT2D eigenvalue weighted by molar-refractivity contribution is 5.89. The summed E-state index contributed by atoms with van der Waals surface area (Å²) in [6.07, 6.45) is 3.80. The van der Waals surface area contributed by atoms with Crippen LogP contribution in [0, 0.1) is 5.82 Å². The Bertz CT molecular complexity index is 1160. The molecule has 0 atom stereocenters. The molecule has 0 unspecified atom stereocenters. The molecule has 0 radical (unpaired) electrons. The van der Waals surface area contributed by atoms with Crippen LogP contribution in [0.1, 0.15) is 50.4 Å². The maximum atomic E-state index is 14.2. The summed E-state index contributed by atoms with van der Waals surface area (Å²) in [5.74, 6) is -1.77. The molecule has 1 aliphatic rings. The predicted molar refractivity (Wildman–Crippen MR) is 112 cm³/mol. The molecule has 8 nitrogen and oxygen atoms in total. The molecular formula is C22H23FN4O4. The monoisotopic (exact) mass is 426 g/mol. The zero-order valence-corrected chi connectivity index (χ0v) is 17.5. The Hall–Kier alpha value is -3.49. The number of carboxylic acids is 1. The van der Waals surface area contributed by atoms with Gasteiger partial charge in [0.25, 0.3) is 0 Å². The molecule has 1 fully saturated rings. The number of carbonyl (C=O) groups excluding carboxylic acids is 1. The number of benzene rings is 1. The molecule has 31 heavy (non-hydrogen) atoms. The molecule has 1 aromatic carbocycles. The first-order chi connectivity index (χ1) is 14.6. The molecule has 1 N–H and O–H groups in total. The fourth-order valence-electron chi connectivity index (χ4n) is 3.42. The van der Waals surface area contributed by atoms with Gasteiger partial charge >= 0.3 is 12.1 Å². The number of halogens is 1. The third-order valence-corrected chi connectivity index (χ3v) is 5.12. The lowest BCUT2D eigenvalue weighted by Crippen LogP contribution is -2.47. The van der Waals surface area contributed by atoms with Crippen LogP contribution in [0.5, 0.6) is 0 Å². The van der Waals surface area contributed by atoms with Crippen LogP contribution in [0.2, 0.25) is 0 Å². The van der Waals surface area contributed by atoms with Gasteiger partial charge in [-0.2, -0.15) is 0 Å².